The van der Waals surface area contributed by atoms with Crippen molar-refractivity contribution < 1.29 is 63.0 Å². The van der Waals surface area contributed by atoms with Gasteiger partial charge in [-0.1, -0.05) is 64.2 Å². The molecule has 360 valence electrons. The number of Topliss-reactive ketones (excluding diaryl/α,β-unsaturated/α-hetero) is 3. The van der Waals surface area contributed by atoms with Crippen LogP contribution >= 0.6 is 0 Å². The summed E-state index contributed by atoms with van der Waals surface area (Å²) in [6, 6.07) is -1.13. The Hall–Kier alpha value is -3.37. The summed E-state index contributed by atoms with van der Waals surface area (Å²) in [6.45, 7) is 11.0. The normalized spacial score (nSPS) is 38.4. The second-order valence-electron chi connectivity index (χ2n) is 19.1. The molecule has 14 atom stereocenters. The van der Waals surface area contributed by atoms with Gasteiger partial charge in [0.25, 0.3) is 11.7 Å². The van der Waals surface area contributed by atoms with Gasteiger partial charge in [0, 0.05) is 59.0 Å². The number of cyclic esters (lactones) is 1. The van der Waals surface area contributed by atoms with Crippen LogP contribution in [0.1, 0.15) is 125 Å². The molecule has 0 aromatic rings. The Morgan fingerprint density at radius 2 is 1.59 bits per heavy atom. The number of amides is 1. The molecule has 3 fully saturated rings. The molecule has 0 aromatic carbocycles. The maximum absolute atomic E-state index is 14.3. The van der Waals surface area contributed by atoms with Gasteiger partial charge in [-0.25, -0.2) is 4.79 Å². The first-order valence-electron chi connectivity index (χ1n) is 23.5. The Kier molecular flexibility index (Phi) is 20.8. The highest BCUT2D eigenvalue weighted by molar-refractivity contribution is 6.39. The molecule has 3 aliphatic heterocycles. The number of ether oxygens (including phenoxy) is 5. The number of hydrogen-bond acceptors (Lipinski definition) is 13. The Bertz CT molecular complexity index is 1720. The van der Waals surface area contributed by atoms with Crippen molar-refractivity contribution in [2.24, 2.45) is 29.6 Å². The fourth-order valence-corrected chi connectivity index (χ4v) is 9.85. The third-order valence-corrected chi connectivity index (χ3v) is 14.1. The van der Waals surface area contributed by atoms with E-state index in [1.54, 1.807) is 34.1 Å². The van der Waals surface area contributed by atoms with Crippen LogP contribution in [0, 0.1) is 29.6 Å². The first-order chi connectivity index (χ1) is 30.3. The lowest BCUT2D eigenvalue weighted by molar-refractivity contribution is -0.265. The molecule has 2 bridgehead atoms. The van der Waals surface area contributed by atoms with Crippen molar-refractivity contribution in [1.29, 1.82) is 0 Å². The van der Waals surface area contributed by atoms with Gasteiger partial charge in [0.1, 0.15) is 30.1 Å². The van der Waals surface area contributed by atoms with E-state index in [1.807, 2.05) is 58.1 Å². The van der Waals surface area contributed by atoms with Crippen molar-refractivity contribution in [2.75, 3.05) is 27.9 Å². The highest BCUT2D eigenvalue weighted by atomic mass is 16.6. The molecule has 1 amide bonds. The van der Waals surface area contributed by atoms with E-state index in [-0.39, 0.29) is 61.2 Å². The molecule has 1 aliphatic carbocycles. The minimum absolute atomic E-state index is 0.0239. The predicted molar refractivity (Wildman–Crippen MR) is 241 cm³/mol. The van der Waals surface area contributed by atoms with Crippen molar-refractivity contribution in [3.63, 3.8) is 0 Å². The van der Waals surface area contributed by atoms with E-state index in [4.69, 9.17) is 23.7 Å². The number of methoxy groups -OCH3 is 3. The van der Waals surface area contributed by atoms with Crippen LogP contribution in [0.5, 0.6) is 0 Å². The Labute approximate surface area is 380 Å². The van der Waals surface area contributed by atoms with Crippen molar-refractivity contribution in [3.8, 4) is 0 Å². The van der Waals surface area contributed by atoms with Gasteiger partial charge in [0.15, 0.2) is 5.78 Å². The monoisotopic (exact) mass is 900 g/mol. The maximum atomic E-state index is 14.3. The average Bonchev–Trinajstić information content (AvgIpc) is 3.27. The van der Waals surface area contributed by atoms with E-state index in [0.717, 1.165) is 12.0 Å². The van der Waals surface area contributed by atoms with Crippen molar-refractivity contribution >= 4 is 29.2 Å². The summed E-state index contributed by atoms with van der Waals surface area (Å²) in [6.07, 6.45) is 11.1. The fraction of sp³-hybridized carbons (Fsp3) is 0.740. The second kappa shape index (κ2) is 25.0. The summed E-state index contributed by atoms with van der Waals surface area (Å²) in [4.78, 5) is 71.2. The lowest BCUT2D eigenvalue weighted by Gasteiger charge is -2.42. The topological polar surface area (TPSA) is 195 Å². The predicted octanol–water partition coefficient (Wildman–Crippen LogP) is 5.93. The molecule has 14 heteroatoms. The first-order valence-corrected chi connectivity index (χ1v) is 23.5. The molecule has 4 aliphatic rings. The summed E-state index contributed by atoms with van der Waals surface area (Å²) >= 11 is 0. The molecule has 14 nitrogen and oxygen atoms in total. The number of allylic oxidation sites excluding steroid dienone is 6. The third kappa shape index (κ3) is 14.1. The van der Waals surface area contributed by atoms with Crippen LogP contribution in [0.4, 0.5) is 0 Å². The first kappa shape index (κ1) is 53.2. The van der Waals surface area contributed by atoms with Gasteiger partial charge in [-0.15, -0.1) is 0 Å². The quantitative estimate of drug-likeness (QED) is 0.161. The zero-order valence-electron chi connectivity index (χ0n) is 39.7. The lowest BCUT2D eigenvalue weighted by Crippen LogP contribution is -2.61. The van der Waals surface area contributed by atoms with Crippen molar-refractivity contribution in [3.05, 3.63) is 47.6 Å². The van der Waals surface area contributed by atoms with Gasteiger partial charge >= 0.3 is 5.97 Å². The molecule has 0 radical (unpaired) electrons. The molecule has 3 N–H and O–H groups in total. The van der Waals surface area contributed by atoms with Gasteiger partial charge in [-0.2, -0.15) is 0 Å². The largest absolute Gasteiger partial charge is 0.460 e. The number of nitrogens with zero attached hydrogens (tertiary/aromatic N) is 1. The molecular formula is C50H77NO13. The van der Waals surface area contributed by atoms with Crippen LogP contribution < -0.4 is 0 Å². The van der Waals surface area contributed by atoms with Crippen LogP contribution in [0.2, 0.25) is 0 Å². The summed E-state index contributed by atoms with van der Waals surface area (Å²) in [5.74, 6) is -7.18. The number of ketones is 3. The van der Waals surface area contributed by atoms with Crippen LogP contribution in [0.25, 0.3) is 0 Å². The van der Waals surface area contributed by atoms with E-state index in [9.17, 15) is 39.3 Å². The molecule has 2 saturated heterocycles. The van der Waals surface area contributed by atoms with Gasteiger partial charge in [0.05, 0.1) is 24.4 Å². The molecule has 3 heterocycles. The molecule has 64 heavy (non-hydrogen) atoms. The Morgan fingerprint density at radius 3 is 2.28 bits per heavy atom. The van der Waals surface area contributed by atoms with Gasteiger partial charge in [-0.3, -0.25) is 19.2 Å². The zero-order valence-corrected chi connectivity index (χ0v) is 39.7. The molecule has 1 saturated carbocycles. The smallest absolute Gasteiger partial charge is 0.329 e. The molecular weight excluding hydrogens is 823 g/mol. The summed E-state index contributed by atoms with van der Waals surface area (Å²) in [5, 5.41) is 33.7. The highest BCUT2D eigenvalue weighted by Gasteiger charge is 2.53. The van der Waals surface area contributed by atoms with E-state index in [0.29, 0.717) is 63.4 Å². The zero-order chi connectivity index (χ0) is 47.3. The lowest BCUT2D eigenvalue weighted by atomic mass is 9.78. The standard InChI is InChI=1S/C50H77NO13/c1-30-15-11-10-12-16-31(2)41(60-7)29-38-22-19-35(6)50(59,64-38)47(56)48(57)51-24-14-13-17-39(51)49(58)63-42(33(4)26-36-20-23-40(53)43(27-36)61-8)28-37(52)21-18-32(3)44(54)46(62-9)45(55)34(5)25-30/h10-12,15-16,18,30,33-36,38-44,46,53-54,59H,13-14,17,19-29H2,1-9H3/b12-10?,15-11+,31-16?,32-18+/t30-,33-,34-,35-,36+,38+,39+,40-,41+,42+,43-,44-,46-,50-/m1/s1. The number of carbonyl (C=O) groups is 5. The van der Waals surface area contributed by atoms with Crippen LogP contribution in [0.15, 0.2) is 47.6 Å². The van der Waals surface area contributed by atoms with E-state index in [1.165, 1.54) is 12.0 Å². The minimum atomic E-state index is -2.42. The van der Waals surface area contributed by atoms with E-state index >= 15 is 0 Å². The average molecular weight is 900 g/mol. The number of rotatable bonds is 6. The number of aliphatic hydroxyl groups is 3. The second-order valence-corrected chi connectivity index (χ2v) is 19.1. The van der Waals surface area contributed by atoms with Crippen LogP contribution in [0.3, 0.4) is 0 Å². The highest BCUT2D eigenvalue weighted by Crippen LogP contribution is 2.37. The van der Waals surface area contributed by atoms with Gasteiger partial charge < -0.3 is 43.9 Å². The molecule has 4 rings (SSSR count). The molecule has 0 unspecified atom stereocenters. The van der Waals surface area contributed by atoms with E-state index in [2.05, 4.69) is 0 Å². The van der Waals surface area contributed by atoms with Crippen LogP contribution in [-0.2, 0) is 47.7 Å². The van der Waals surface area contributed by atoms with Gasteiger partial charge in [0.2, 0.25) is 5.79 Å². The SMILES string of the molecule is CO[C@H]1C[C@@H]2CC[C@@H](C)[C@@](O)(O2)C(=O)C(=O)N2CCCC[C@H]2C(=O)O[C@H]([C@H](C)C[C@@H]2CC[C@@H](O)[C@H](OC)C2)CC(=O)C/C=C(\C)[C@@H](O)[C@@H](OC)C(=O)[C@H](C)C[C@H](C)/C=C/C=CC=C1C. The van der Waals surface area contributed by atoms with Crippen LogP contribution in [-0.4, -0.2) is 132 Å². The third-order valence-electron chi connectivity index (χ3n) is 14.1. The number of esters is 1. The van der Waals surface area contributed by atoms with E-state index < -0.39 is 77.9 Å². The number of fused-ring (bicyclic) bond motifs is 3. The summed E-state index contributed by atoms with van der Waals surface area (Å²) < 4.78 is 29.2. The van der Waals surface area contributed by atoms with Crippen molar-refractivity contribution in [2.45, 2.75) is 180 Å². The number of piperidine rings is 1. The minimum Gasteiger partial charge on any atom is -0.460 e. The maximum Gasteiger partial charge on any atom is 0.329 e. The summed E-state index contributed by atoms with van der Waals surface area (Å²) in [7, 11) is 4.51. The molecule has 0 aromatic heterocycles. The van der Waals surface area contributed by atoms with Gasteiger partial charge in [-0.05, 0) is 107 Å². The summed E-state index contributed by atoms with van der Waals surface area (Å²) in [5.41, 5.74) is 1.27. The molecule has 0 spiro atoms. The Morgan fingerprint density at radius 1 is 0.859 bits per heavy atom. The number of carbonyl (C=O) groups excluding carboxylic acids is 5. The Balaban J connectivity index is 1.68. The number of hydrogen-bond donors (Lipinski definition) is 3. The fourth-order valence-electron chi connectivity index (χ4n) is 9.85. The number of aliphatic hydroxyl groups excluding tert-OH is 2. The van der Waals surface area contributed by atoms with Crippen molar-refractivity contribution in [1.82, 2.24) is 4.90 Å².